The number of aromatic nitrogens is 1. The van der Waals surface area contributed by atoms with E-state index >= 15 is 0 Å². The molecular weight excluding hydrogens is 484 g/mol. The number of likely N-dealkylation sites (tertiary alicyclic amines) is 1. The minimum absolute atomic E-state index is 0.112. The minimum Gasteiger partial charge on any atom is -0.481 e. The van der Waals surface area contributed by atoms with Crippen molar-refractivity contribution < 1.29 is 14.3 Å². The van der Waals surface area contributed by atoms with Gasteiger partial charge >= 0.3 is 0 Å². The van der Waals surface area contributed by atoms with Crippen LogP contribution in [0.25, 0.3) is 0 Å². The Labute approximate surface area is 225 Å². The van der Waals surface area contributed by atoms with E-state index in [0.717, 1.165) is 60.4 Å². The monoisotopic (exact) mass is 526 g/mol. The van der Waals surface area contributed by atoms with Crippen LogP contribution in [0.3, 0.4) is 0 Å². The van der Waals surface area contributed by atoms with Gasteiger partial charge in [-0.05, 0) is 70.1 Å². The van der Waals surface area contributed by atoms with Crippen molar-refractivity contribution in [2.24, 2.45) is 0 Å². The molecule has 1 saturated heterocycles. The number of hydrogen-bond donors (Lipinski definition) is 1. The fourth-order valence-electron chi connectivity index (χ4n) is 6.42. The number of methoxy groups -OCH3 is 2. The molecule has 1 amide bonds. The van der Waals surface area contributed by atoms with Crippen LogP contribution in [-0.4, -0.2) is 72.2 Å². The maximum Gasteiger partial charge on any atom is 0.255 e. The number of nitrogens with one attached hydrogen (secondary N) is 1. The first-order chi connectivity index (χ1) is 17.8. The maximum absolute atomic E-state index is 13.7. The van der Waals surface area contributed by atoms with Gasteiger partial charge in [-0.15, -0.1) is 11.3 Å². The number of hydrogen-bond acceptors (Lipinski definition) is 7. The Morgan fingerprint density at radius 3 is 2.57 bits per heavy atom. The summed E-state index contributed by atoms with van der Waals surface area (Å²) in [6.45, 7) is 11.9. The van der Waals surface area contributed by atoms with Crippen molar-refractivity contribution in [1.82, 2.24) is 14.8 Å². The topological polar surface area (TPSA) is 66.9 Å². The molecule has 2 aromatic heterocycles. The standard InChI is InChI=1S/C29H42N4O3S/c1-7-29(11-8-21(9-12-29)33-15-22(16-33)35-5)31-27-20(4)25-24(37-27)10-13-32(28(25)34)17-23-18(2)14-19(3)30-26(23)36-6/h14,21-22,31H,7-13,15-17H2,1-6H3. The SMILES string of the molecule is CCC1(Nc2sc3c(c2C)C(=O)N(Cc2c(C)cc(C)nc2OC)CC3)CCC(N2CC(OC)C2)CC1. The highest BCUT2D eigenvalue weighted by atomic mass is 32.1. The Bertz CT molecular complexity index is 1150. The molecule has 0 atom stereocenters. The molecule has 1 aliphatic carbocycles. The zero-order valence-corrected chi connectivity index (χ0v) is 24.1. The third-order valence-corrected chi connectivity index (χ3v) is 10.3. The van der Waals surface area contributed by atoms with Crippen LogP contribution in [0.5, 0.6) is 5.88 Å². The highest BCUT2D eigenvalue weighted by Crippen LogP contribution is 2.43. The average molecular weight is 527 g/mol. The van der Waals surface area contributed by atoms with Crippen molar-refractivity contribution in [3.05, 3.63) is 38.9 Å². The van der Waals surface area contributed by atoms with Gasteiger partial charge in [0, 0.05) is 60.9 Å². The van der Waals surface area contributed by atoms with E-state index in [9.17, 15) is 4.79 Å². The van der Waals surface area contributed by atoms with Crippen LogP contribution in [0, 0.1) is 20.8 Å². The van der Waals surface area contributed by atoms with Gasteiger partial charge in [-0.25, -0.2) is 4.98 Å². The zero-order valence-electron chi connectivity index (χ0n) is 23.3. The second kappa shape index (κ2) is 10.5. The highest BCUT2D eigenvalue weighted by Gasteiger charge is 2.40. The third-order valence-electron chi connectivity index (χ3n) is 9.00. The smallest absolute Gasteiger partial charge is 0.255 e. The molecule has 7 nitrogen and oxygen atoms in total. The lowest BCUT2D eigenvalue weighted by atomic mass is 9.76. The van der Waals surface area contributed by atoms with Crippen LogP contribution in [0.2, 0.25) is 0 Å². The van der Waals surface area contributed by atoms with Crippen molar-refractivity contribution >= 4 is 22.2 Å². The van der Waals surface area contributed by atoms with Gasteiger partial charge in [-0.3, -0.25) is 9.69 Å². The molecular formula is C29H42N4O3S. The van der Waals surface area contributed by atoms with Gasteiger partial charge in [0.2, 0.25) is 5.88 Å². The molecule has 5 rings (SSSR count). The van der Waals surface area contributed by atoms with E-state index in [1.807, 2.05) is 18.9 Å². The average Bonchev–Trinajstić information content (AvgIpc) is 3.17. The van der Waals surface area contributed by atoms with E-state index in [2.05, 4.69) is 42.0 Å². The molecule has 0 aromatic carbocycles. The third kappa shape index (κ3) is 5.00. The molecule has 4 heterocycles. The Balaban J connectivity index is 1.29. The summed E-state index contributed by atoms with van der Waals surface area (Å²) in [4.78, 5) is 24.0. The number of pyridine rings is 1. The Hall–Kier alpha value is -2.16. The summed E-state index contributed by atoms with van der Waals surface area (Å²) in [5.74, 6) is 0.752. The zero-order chi connectivity index (χ0) is 26.3. The summed E-state index contributed by atoms with van der Waals surface area (Å²) in [5.41, 5.74) is 5.17. The molecule has 1 saturated carbocycles. The highest BCUT2D eigenvalue weighted by molar-refractivity contribution is 7.16. The molecule has 0 spiro atoms. The first-order valence-electron chi connectivity index (χ1n) is 13.7. The number of ether oxygens (including phenoxy) is 2. The normalized spacial score (nSPS) is 24.6. The maximum atomic E-state index is 13.7. The fraction of sp³-hybridized carbons (Fsp3) is 0.655. The summed E-state index contributed by atoms with van der Waals surface area (Å²) >= 11 is 1.80. The van der Waals surface area contributed by atoms with Gasteiger partial charge in [-0.2, -0.15) is 0 Å². The van der Waals surface area contributed by atoms with Crippen LogP contribution >= 0.6 is 11.3 Å². The number of anilines is 1. The van der Waals surface area contributed by atoms with Crippen LogP contribution in [0.1, 0.15) is 76.6 Å². The second-order valence-corrected chi connectivity index (χ2v) is 12.3. The van der Waals surface area contributed by atoms with E-state index in [1.165, 1.54) is 35.6 Å². The molecule has 0 bridgehead atoms. The molecule has 0 radical (unpaired) electrons. The van der Waals surface area contributed by atoms with Crippen LogP contribution < -0.4 is 10.1 Å². The van der Waals surface area contributed by atoms with Crippen molar-refractivity contribution in [3.8, 4) is 5.88 Å². The van der Waals surface area contributed by atoms with Gasteiger partial charge < -0.3 is 19.7 Å². The van der Waals surface area contributed by atoms with Crippen LogP contribution in [-0.2, 0) is 17.7 Å². The molecule has 2 fully saturated rings. The number of aryl methyl sites for hydroxylation is 2. The summed E-state index contributed by atoms with van der Waals surface area (Å²) in [6, 6.07) is 2.74. The number of fused-ring (bicyclic) bond motifs is 1. The Kier molecular flexibility index (Phi) is 7.53. The molecule has 2 aliphatic heterocycles. The van der Waals surface area contributed by atoms with E-state index in [-0.39, 0.29) is 11.4 Å². The molecule has 2 aromatic rings. The first kappa shape index (κ1) is 26.4. The minimum atomic E-state index is 0.112. The van der Waals surface area contributed by atoms with Gasteiger partial charge in [0.15, 0.2) is 0 Å². The van der Waals surface area contributed by atoms with E-state index in [4.69, 9.17) is 9.47 Å². The molecule has 37 heavy (non-hydrogen) atoms. The van der Waals surface area contributed by atoms with Crippen LogP contribution in [0.4, 0.5) is 5.00 Å². The predicted molar refractivity (Wildman–Crippen MR) is 149 cm³/mol. The van der Waals surface area contributed by atoms with E-state index < -0.39 is 0 Å². The number of amides is 1. The number of rotatable bonds is 8. The Morgan fingerprint density at radius 2 is 1.92 bits per heavy atom. The van der Waals surface area contributed by atoms with Crippen molar-refractivity contribution in [1.29, 1.82) is 0 Å². The number of carbonyl (C=O) groups excluding carboxylic acids is 1. The summed E-state index contributed by atoms with van der Waals surface area (Å²) in [5, 5.41) is 5.17. The molecule has 1 N–H and O–H groups in total. The summed E-state index contributed by atoms with van der Waals surface area (Å²) in [7, 11) is 3.47. The number of thiophene rings is 1. The largest absolute Gasteiger partial charge is 0.481 e. The van der Waals surface area contributed by atoms with Gasteiger partial charge in [0.25, 0.3) is 5.91 Å². The van der Waals surface area contributed by atoms with E-state index in [0.29, 0.717) is 24.6 Å². The molecule has 0 unspecified atom stereocenters. The van der Waals surface area contributed by atoms with Gasteiger partial charge in [0.1, 0.15) is 0 Å². The van der Waals surface area contributed by atoms with E-state index in [1.54, 1.807) is 18.4 Å². The second-order valence-electron chi connectivity index (χ2n) is 11.2. The lowest BCUT2D eigenvalue weighted by Gasteiger charge is -2.49. The molecule has 202 valence electrons. The lowest BCUT2D eigenvalue weighted by molar-refractivity contribution is -0.0600. The van der Waals surface area contributed by atoms with Crippen molar-refractivity contribution in [2.75, 3.05) is 39.2 Å². The number of nitrogens with zero attached hydrogens (tertiary/aromatic N) is 3. The lowest BCUT2D eigenvalue weighted by Crippen LogP contribution is -2.58. The van der Waals surface area contributed by atoms with Gasteiger partial charge in [-0.1, -0.05) is 6.92 Å². The number of carbonyl (C=O) groups is 1. The quantitative estimate of drug-likeness (QED) is 0.516. The van der Waals surface area contributed by atoms with Crippen LogP contribution in [0.15, 0.2) is 6.07 Å². The fourth-order valence-corrected chi connectivity index (χ4v) is 7.73. The molecule has 3 aliphatic rings. The first-order valence-corrected chi connectivity index (χ1v) is 14.6. The van der Waals surface area contributed by atoms with Crippen molar-refractivity contribution in [2.45, 2.75) is 90.4 Å². The Morgan fingerprint density at radius 1 is 1.19 bits per heavy atom. The summed E-state index contributed by atoms with van der Waals surface area (Å²) < 4.78 is 11.0. The molecule has 8 heteroatoms. The van der Waals surface area contributed by atoms with Crippen molar-refractivity contribution in [3.63, 3.8) is 0 Å². The van der Waals surface area contributed by atoms with Gasteiger partial charge in [0.05, 0.1) is 30.3 Å². The predicted octanol–water partition coefficient (Wildman–Crippen LogP) is 5.11. The summed E-state index contributed by atoms with van der Waals surface area (Å²) in [6.07, 6.45) is 7.20.